The summed E-state index contributed by atoms with van der Waals surface area (Å²) in [5, 5.41) is 2.80. The number of aromatic nitrogens is 1. The van der Waals surface area contributed by atoms with Gasteiger partial charge in [-0.25, -0.2) is 9.37 Å². The Morgan fingerprint density at radius 3 is 2.78 bits per heavy atom. The first-order valence-corrected chi connectivity index (χ1v) is 6.04. The summed E-state index contributed by atoms with van der Waals surface area (Å²) < 4.78 is 12.7. The fourth-order valence-corrected chi connectivity index (χ4v) is 1.59. The number of pyridine rings is 1. The van der Waals surface area contributed by atoms with Crippen LogP contribution in [0.2, 0.25) is 0 Å². The van der Waals surface area contributed by atoms with Crippen molar-refractivity contribution in [2.75, 3.05) is 13.1 Å². The molecule has 100 valence electrons. The van der Waals surface area contributed by atoms with Crippen molar-refractivity contribution in [3.63, 3.8) is 0 Å². The highest BCUT2D eigenvalue weighted by molar-refractivity contribution is 5.92. The van der Waals surface area contributed by atoms with Gasteiger partial charge in [0.1, 0.15) is 11.5 Å². The maximum atomic E-state index is 12.7. The Morgan fingerprint density at radius 2 is 2.22 bits per heavy atom. The summed E-state index contributed by atoms with van der Waals surface area (Å²) in [4.78, 5) is 15.5. The van der Waals surface area contributed by atoms with E-state index < -0.39 is 5.82 Å². The smallest absolute Gasteiger partial charge is 0.269 e. The molecule has 4 nitrogen and oxygen atoms in total. The van der Waals surface area contributed by atoms with Gasteiger partial charge in [0.05, 0.1) is 6.20 Å². The van der Waals surface area contributed by atoms with Crippen molar-refractivity contribution < 1.29 is 9.18 Å². The van der Waals surface area contributed by atoms with Gasteiger partial charge >= 0.3 is 0 Å². The minimum absolute atomic E-state index is 0.00490. The van der Waals surface area contributed by atoms with Crippen LogP contribution in [0, 0.1) is 11.2 Å². The van der Waals surface area contributed by atoms with Crippen molar-refractivity contribution >= 4 is 5.91 Å². The summed E-state index contributed by atoms with van der Waals surface area (Å²) in [6, 6.07) is 2.60. The van der Waals surface area contributed by atoms with Gasteiger partial charge in [-0.3, -0.25) is 4.79 Å². The molecule has 0 aliphatic carbocycles. The van der Waals surface area contributed by atoms with Gasteiger partial charge in [-0.2, -0.15) is 0 Å². The van der Waals surface area contributed by atoms with Crippen LogP contribution in [0.5, 0.6) is 0 Å². The fourth-order valence-electron chi connectivity index (χ4n) is 1.59. The normalized spacial score (nSPS) is 11.3. The lowest BCUT2D eigenvalue weighted by Gasteiger charge is -2.24. The van der Waals surface area contributed by atoms with Crippen molar-refractivity contribution in [3.05, 3.63) is 29.8 Å². The number of nitrogens with two attached hydrogens (primary N) is 1. The number of rotatable bonds is 6. The van der Waals surface area contributed by atoms with E-state index in [0.29, 0.717) is 13.1 Å². The van der Waals surface area contributed by atoms with E-state index in [1.165, 1.54) is 12.1 Å². The molecular weight excluding hydrogens is 233 g/mol. The fraction of sp³-hybridized carbons (Fsp3) is 0.538. The standard InChI is InChI=1S/C13H20FN3O/c1-13(2,6-3-7-15)9-17-12(18)11-5-4-10(14)8-16-11/h4-5,8H,3,6-7,9,15H2,1-2H3,(H,17,18). The van der Waals surface area contributed by atoms with Crippen LogP contribution >= 0.6 is 0 Å². The molecule has 1 amide bonds. The molecule has 1 aromatic rings. The van der Waals surface area contributed by atoms with Crippen LogP contribution in [0.4, 0.5) is 4.39 Å². The molecule has 0 aromatic carbocycles. The molecule has 0 atom stereocenters. The number of hydrogen-bond acceptors (Lipinski definition) is 3. The van der Waals surface area contributed by atoms with Crippen LogP contribution in [0.25, 0.3) is 0 Å². The third-order valence-electron chi connectivity index (χ3n) is 2.75. The van der Waals surface area contributed by atoms with Crippen LogP contribution < -0.4 is 11.1 Å². The van der Waals surface area contributed by atoms with Gasteiger partial charge < -0.3 is 11.1 Å². The molecule has 0 unspecified atom stereocenters. The number of carbonyl (C=O) groups is 1. The maximum Gasteiger partial charge on any atom is 0.269 e. The summed E-state index contributed by atoms with van der Waals surface area (Å²) >= 11 is 0. The molecule has 0 radical (unpaired) electrons. The number of halogens is 1. The number of hydrogen-bond donors (Lipinski definition) is 2. The van der Waals surface area contributed by atoms with Crippen molar-refractivity contribution in [2.24, 2.45) is 11.1 Å². The van der Waals surface area contributed by atoms with E-state index in [0.717, 1.165) is 19.0 Å². The highest BCUT2D eigenvalue weighted by Crippen LogP contribution is 2.20. The van der Waals surface area contributed by atoms with Crippen molar-refractivity contribution in [2.45, 2.75) is 26.7 Å². The van der Waals surface area contributed by atoms with Gasteiger partial charge in [0.2, 0.25) is 0 Å². The second kappa shape index (κ2) is 6.44. The van der Waals surface area contributed by atoms with Gasteiger partial charge in [-0.1, -0.05) is 13.8 Å². The van der Waals surface area contributed by atoms with Gasteiger partial charge in [0.25, 0.3) is 5.91 Å². The van der Waals surface area contributed by atoms with E-state index in [1.54, 1.807) is 0 Å². The van der Waals surface area contributed by atoms with E-state index in [-0.39, 0.29) is 17.0 Å². The summed E-state index contributed by atoms with van der Waals surface area (Å²) in [6.45, 7) is 5.34. The van der Waals surface area contributed by atoms with Gasteiger partial charge in [-0.15, -0.1) is 0 Å². The van der Waals surface area contributed by atoms with Crippen molar-refractivity contribution in [3.8, 4) is 0 Å². The van der Waals surface area contributed by atoms with Gasteiger partial charge in [0.15, 0.2) is 0 Å². The zero-order valence-corrected chi connectivity index (χ0v) is 10.9. The van der Waals surface area contributed by atoms with Crippen LogP contribution in [-0.4, -0.2) is 24.0 Å². The lowest BCUT2D eigenvalue weighted by molar-refractivity contribution is 0.0929. The minimum Gasteiger partial charge on any atom is -0.350 e. The molecule has 0 aliphatic rings. The summed E-state index contributed by atoms with van der Waals surface area (Å²) in [7, 11) is 0. The molecule has 0 saturated carbocycles. The average molecular weight is 253 g/mol. The maximum absolute atomic E-state index is 12.7. The molecular formula is C13H20FN3O. The van der Waals surface area contributed by atoms with Crippen LogP contribution in [0.15, 0.2) is 18.3 Å². The first kappa shape index (κ1) is 14.6. The molecule has 0 spiro atoms. The number of nitrogens with zero attached hydrogens (tertiary/aromatic N) is 1. The quantitative estimate of drug-likeness (QED) is 0.811. The summed E-state index contributed by atoms with van der Waals surface area (Å²) in [5.41, 5.74) is 5.69. The van der Waals surface area contributed by atoms with E-state index >= 15 is 0 Å². The van der Waals surface area contributed by atoms with Gasteiger partial charge in [-0.05, 0) is 36.9 Å². The predicted molar refractivity (Wildman–Crippen MR) is 68.6 cm³/mol. The van der Waals surface area contributed by atoms with Crippen molar-refractivity contribution in [1.82, 2.24) is 10.3 Å². The van der Waals surface area contributed by atoms with E-state index in [9.17, 15) is 9.18 Å². The average Bonchev–Trinajstić information content (AvgIpc) is 2.35. The molecule has 18 heavy (non-hydrogen) atoms. The first-order chi connectivity index (χ1) is 8.44. The van der Waals surface area contributed by atoms with Gasteiger partial charge in [0, 0.05) is 6.54 Å². The first-order valence-electron chi connectivity index (χ1n) is 6.04. The van der Waals surface area contributed by atoms with Crippen LogP contribution in [0.1, 0.15) is 37.2 Å². The number of nitrogens with one attached hydrogen (secondary N) is 1. The zero-order valence-electron chi connectivity index (χ0n) is 10.9. The highest BCUT2D eigenvalue weighted by Gasteiger charge is 2.18. The molecule has 0 aliphatic heterocycles. The van der Waals surface area contributed by atoms with Crippen LogP contribution in [0.3, 0.4) is 0 Å². The lowest BCUT2D eigenvalue weighted by atomic mass is 9.88. The number of carbonyl (C=O) groups excluding carboxylic acids is 1. The van der Waals surface area contributed by atoms with Crippen molar-refractivity contribution in [1.29, 1.82) is 0 Å². The Morgan fingerprint density at radius 1 is 1.50 bits per heavy atom. The summed E-state index contributed by atoms with van der Waals surface area (Å²) in [6.07, 6.45) is 2.91. The number of amides is 1. The predicted octanol–water partition coefficient (Wildman–Crippen LogP) is 1.72. The highest BCUT2D eigenvalue weighted by atomic mass is 19.1. The van der Waals surface area contributed by atoms with E-state index in [1.807, 2.05) is 0 Å². The Balaban J connectivity index is 2.48. The monoisotopic (exact) mass is 253 g/mol. The van der Waals surface area contributed by atoms with E-state index in [4.69, 9.17) is 5.73 Å². The second-order valence-corrected chi connectivity index (χ2v) is 5.10. The third kappa shape index (κ3) is 4.79. The Labute approximate surface area is 107 Å². The Kier molecular flexibility index (Phi) is 5.22. The SMILES string of the molecule is CC(C)(CCCN)CNC(=O)c1ccc(F)cn1. The Bertz CT molecular complexity index is 390. The molecule has 1 rings (SSSR count). The molecule has 5 heteroatoms. The molecule has 0 bridgehead atoms. The largest absolute Gasteiger partial charge is 0.350 e. The topological polar surface area (TPSA) is 68.0 Å². The zero-order chi connectivity index (χ0) is 13.6. The molecule has 1 heterocycles. The lowest BCUT2D eigenvalue weighted by Crippen LogP contribution is -2.34. The molecule has 0 fully saturated rings. The molecule has 3 N–H and O–H groups in total. The molecule has 0 saturated heterocycles. The third-order valence-corrected chi connectivity index (χ3v) is 2.75. The van der Waals surface area contributed by atoms with Crippen LogP contribution in [-0.2, 0) is 0 Å². The molecule has 1 aromatic heterocycles. The second-order valence-electron chi connectivity index (χ2n) is 5.10. The minimum atomic E-state index is -0.449. The summed E-state index contributed by atoms with van der Waals surface area (Å²) in [5.74, 6) is -0.731. The Hall–Kier alpha value is -1.49. The van der Waals surface area contributed by atoms with E-state index in [2.05, 4.69) is 24.1 Å².